The third-order valence-electron chi connectivity index (χ3n) is 4.19. The van der Waals surface area contributed by atoms with Gasteiger partial charge in [0.25, 0.3) is 5.91 Å². The first kappa shape index (κ1) is 19.8. The fourth-order valence-electron chi connectivity index (χ4n) is 2.77. The van der Waals surface area contributed by atoms with Gasteiger partial charge in [0.1, 0.15) is 17.3 Å². The summed E-state index contributed by atoms with van der Waals surface area (Å²) in [6.45, 7) is 4.44. The van der Waals surface area contributed by atoms with Crippen molar-refractivity contribution in [1.82, 2.24) is 9.97 Å². The number of nitrogens with one attached hydrogen (secondary N) is 2. The van der Waals surface area contributed by atoms with Gasteiger partial charge in [0, 0.05) is 6.54 Å². The number of aromatic nitrogens is 2. The number of carbonyl (C=O) groups excluding carboxylic acids is 1. The summed E-state index contributed by atoms with van der Waals surface area (Å²) in [5.74, 6) is -0.0685. The van der Waals surface area contributed by atoms with E-state index < -0.39 is 0 Å². The molecule has 0 aliphatic carbocycles. The van der Waals surface area contributed by atoms with E-state index in [0.29, 0.717) is 23.1 Å². The van der Waals surface area contributed by atoms with Crippen molar-refractivity contribution in [2.75, 3.05) is 17.2 Å². The Morgan fingerprint density at radius 3 is 2.50 bits per heavy atom. The van der Waals surface area contributed by atoms with Gasteiger partial charge in [-0.15, -0.1) is 0 Å². The summed E-state index contributed by atoms with van der Waals surface area (Å²) in [4.78, 5) is 20.8. The van der Waals surface area contributed by atoms with Gasteiger partial charge >= 0.3 is 0 Å². The van der Waals surface area contributed by atoms with Gasteiger partial charge in [0.2, 0.25) is 0 Å². The topological polar surface area (TPSA) is 66.9 Å². The highest BCUT2D eigenvalue weighted by molar-refractivity contribution is 6.34. The highest BCUT2D eigenvalue weighted by atomic mass is 35.5. The number of halogens is 2. The molecule has 0 atom stereocenters. The predicted molar refractivity (Wildman–Crippen MR) is 110 cm³/mol. The Morgan fingerprint density at radius 2 is 1.86 bits per heavy atom. The van der Waals surface area contributed by atoms with Gasteiger partial charge < -0.3 is 10.6 Å². The van der Waals surface area contributed by atoms with Crippen molar-refractivity contribution in [3.05, 3.63) is 82.0 Å². The number of amides is 1. The Hall–Kier alpha value is -2.99. The van der Waals surface area contributed by atoms with Crippen LogP contribution in [0.25, 0.3) is 0 Å². The van der Waals surface area contributed by atoms with Crippen LogP contribution in [0.15, 0.2) is 48.8 Å². The molecule has 3 aromatic rings. The van der Waals surface area contributed by atoms with Gasteiger partial charge in [-0.25, -0.2) is 14.4 Å². The first-order chi connectivity index (χ1) is 13.4. The largest absolute Gasteiger partial charge is 0.368 e. The smallest absolute Gasteiger partial charge is 0.275 e. The number of rotatable bonds is 6. The van der Waals surface area contributed by atoms with Crippen LogP contribution in [0.5, 0.6) is 0 Å². The van der Waals surface area contributed by atoms with Crippen molar-refractivity contribution in [1.29, 1.82) is 0 Å². The van der Waals surface area contributed by atoms with Crippen LogP contribution in [0.1, 0.15) is 27.2 Å². The van der Waals surface area contributed by atoms with Gasteiger partial charge in [-0.3, -0.25) is 4.79 Å². The van der Waals surface area contributed by atoms with E-state index in [1.54, 1.807) is 18.2 Å². The summed E-state index contributed by atoms with van der Waals surface area (Å²) in [5, 5.41) is 6.40. The average Bonchev–Trinajstić information content (AvgIpc) is 2.66. The Labute approximate surface area is 168 Å². The van der Waals surface area contributed by atoms with Crippen molar-refractivity contribution in [3.63, 3.8) is 0 Å². The van der Waals surface area contributed by atoms with Gasteiger partial charge in [0.05, 0.1) is 23.1 Å². The minimum Gasteiger partial charge on any atom is -0.368 e. The van der Waals surface area contributed by atoms with Gasteiger partial charge in [-0.05, 0) is 55.2 Å². The molecule has 0 aliphatic heterocycles. The summed E-state index contributed by atoms with van der Waals surface area (Å²) < 4.78 is 12.9. The second-order valence-corrected chi connectivity index (χ2v) is 6.89. The fraction of sp³-hybridized carbons (Fsp3) is 0.190. The van der Waals surface area contributed by atoms with Crippen LogP contribution in [0.2, 0.25) is 5.02 Å². The Kier molecular flexibility index (Phi) is 6.21. The highest BCUT2D eigenvalue weighted by Gasteiger charge is 2.13. The van der Waals surface area contributed by atoms with E-state index in [1.165, 1.54) is 24.5 Å². The molecule has 0 unspecified atom stereocenters. The van der Waals surface area contributed by atoms with Gasteiger partial charge in [0.15, 0.2) is 0 Å². The van der Waals surface area contributed by atoms with E-state index in [4.69, 9.17) is 11.6 Å². The van der Waals surface area contributed by atoms with Gasteiger partial charge in [-0.2, -0.15) is 0 Å². The molecule has 1 amide bonds. The molecule has 7 heteroatoms. The lowest BCUT2D eigenvalue weighted by Gasteiger charge is -2.11. The Bertz CT molecular complexity index is 952. The molecule has 1 aromatic heterocycles. The lowest BCUT2D eigenvalue weighted by Crippen LogP contribution is -2.16. The van der Waals surface area contributed by atoms with E-state index in [1.807, 2.05) is 19.9 Å². The van der Waals surface area contributed by atoms with Gasteiger partial charge in [-0.1, -0.05) is 29.8 Å². The summed E-state index contributed by atoms with van der Waals surface area (Å²) in [6.07, 6.45) is 3.63. The standard InChI is InChI=1S/C21H20ClFN4O/c1-13-9-14(2)20(17(22)10-13)27-21(28)18-11-26-19(12-25-18)24-8-7-15-3-5-16(23)6-4-15/h3-6,9-12H,7-8H2,1-2H3,(H,24,26)(H,27,28). The van der Waals surface area contributed by atoms with E-state index in [0.717, 1.165) is 23.1 Å². The molecule has 28 heavy (non-hydrogen) atoms. The summed E-state index contributed by atoms with van der Waals surface area (Å²) in [6, 6.07) is 10.1. The molecule has 0 radical (unpaired) electrons. The number of anilines is 2. The molecule has 0 fully saturated rings. The summed E-state index contributed by atoms with van der Waals surface area (Å²) >= 11 is 6.23. The van der Waals surface area contributed by atoms with E-state index in [-0.39, 0.29) is 17.4 Å². The zero-order valence-electron chi connectivity index (χ0n) is 15.6. The zero-order valence-corrected chi connectivity index (χ0v) is 16.3. The van der Waals surface area contributed by atoms with Crippen molar-refractivity contribution in [2.45, 2.75) is 20.3 Å². The normalized spacial score (nSPS) is 10.6. The number of benzene rings is 2. The second-order valence-electron chi connectivity index (χ2n) is 6.48. The van der Waals surface area contributed by atoms with Crippen LogP contribution >= 0.6 is 11.6 Å². The fourth-order valence-corrected chi connectivity index (χ4v) is 3.14. The zero-order chi connectivity index (χ0) is 20.1. The van der Waals surface area contributed by atoms with Crippen molar-refractivity contribution >= 4 is 29.0 Å². The van der Waals surface area contributed by atoms with Crippen molar-refractivity contribution in [3.8, 4) is 0 Å². The maximum Gasteiger partial charge on any atom is 0.275 e. The van der Waals surface area contributed by atoms with Crippen LogP contribution < -0.4 is 10.6 Å². The first-order valence-corrected chi connectivity index (χ1v) is 9.18. The highest BCUT2D eigenvalue weighted by Crippen LogP contribution is 2.27. The lowest BCUT2D eigenvalue weighted by atomic mass is 10.1. The third-order valence-corrected chi connectivity index (χ3v) is 4.49. The molecule has 2 aromatic carbocycles. The predicted octanol–water partition coefficient (Wildman–Crippen LogP) is 4.79. The molecule has 3 rings (SSSR count). The molecule has 1 heterocycles. The molecule has 0 saturated heterocycles. The molecular formula is C21H20ClFN4O. The number of carbonyl (C=O) groups is 1. The second kappa shape index (κ2) is 8.80. The molecule has 0 spiro atoms. The molecule has 2 N–H and O–H groups in total. The average molecular weight is 399 g/mol. The number of hydrogen-bond acceptors (Lipinski definition) is 4. The number of hydrogen-bond donors (Lipinski definition) is 2. The van der Waals surface area contributed by atoms with Crippen LogP contribution in [0.3, 0.4) is 0 Å². The van der Waals surface area contributed by atoms with Crippen molar-refractivity contribution in [2.24, 2.45) is 0 Å². The van der Waals surface area contributed by atoms with E-state index >= 15 is 0 Å². The molecule has 0 aliphatic rings. The summed E-state index contributed by atoms with van der Waals surface area (Å²) in [7, 11) is 0. The molecule has 0 bridgehead atoms. The van der Waals surface area contributed by atoms with E-state index in [2.05, 4.69) is 20.6 Å². The van der Waals surface area contributed by atoms with Crippen LogP contribution in [-0.2, 0) is 6.42 Å². The maximum atomic E-state index is 12.9. The third kappa shape index (κ3) is 5.04. The molecule has 0 saturated carbocycles. The number of aryl methyl sites for hydroxylation is 2. The lowest BCUT2D eigenvalue weighted by molar-refractivity contribution is 0.102. The van der Waals surface area contributed by atoms with Crippen LogP contribution in [0.4, 0.5) is 15.9 Å². The van der Waals surface area contributed by atoms with E-state index in [9.17, 15) is 9.18 Å². The number of nitrogens with zero attached hydrogens (tertiary/aromatic N) is 2. The summed E-state index contributed by atoms with van der Waals surface area (Å²) in [5.41, 5.74) is 3.69. The minimum absolute atomic E-state index is 0.195. The van der Waals surface area contributed by atoms with Crippen LogP contribution in [-0.4, -0.2) is 22.4 Å². The molecule has 144 valence electrons. The minimum atomic E-state index is -0.376. The molecule has 5 nitrogen and oxygen atoms in total. The maximum absolute atomic E-state index is 12.9. The molecular weight excluding hydrogens is 379 g/mol. The SMILES string of the molecule is Cc1cc(C)c(NC(=O)c2cnc(NCCc3ccc(F)cc3)cn2)c(Cl)c1. The van der Waals surface area contributed by atoms with Crippen LogP contribution in [0, 0.1) is 19.7 Å². The van der Waals surface area contributed by atoms with Crippen molar-refractivity contribution < 1.29 is 9.18 Å². The monoisotopic (exact) mass is 398 g/mol. The quantitative estimate of drug-likeness (QED) is 0.626. The Balaban J connectivity index is 1.57. The Morgan fingerprint density at radius 1 is 1.11 bits per heavy atom. The first-order valence-electron chi connectivity index (χ1n) is 8.81.